The molecule has 1 aromatic heterocycles. The predicted octanol–water partition coefficient (Wildman–Crippen LogP) is 2.16. The van der Waals surface area contributed by atoms with Gasteiger partial charge in [-0.25, -0.2) is 13.1 Å². The van der Waals surface area contributed by atoms with E-state index in [1.54, 1.807) is 6.92 Å². The van der Waals surface area contributed by atoms with E-state index >= 15 is 0 Å². The topological polar surface area (TPSA) is 101 Å². The zero-order valence-corrected chi connectivity index (χ0v) is 13.1. The van der Waals surface area contributed by atoms with Crippen LogP contribution in [0, 0.1) is 15.5 Å². The molecule has 1 aliphatic rings. The molecule has 0 aromatic carbocycles. The van der Waals surface area contributed by atoms with E-state index in [-0.39, 0.29) is 26.4 Å². The summed E-state index contributed by atoms with van der Waals surface area (Å²) < 4.78 is 27.0. The van der Waals surface area contributed by atoms with Crippen LogP contribution in [0.1, 0.15) is 27.2 Å². The minimum Gasteiger partial charge on any atom is -0.372 e. The molecular formula is C11H17N3O4S2. The van der Waals surface area contributed by atoms with Gasteiger partial charge in [0.25, 0.3) is 10.0 Å². The van der Waals surface area contributed by atoms with Crippen LogP contribution in [0.2, 0.25) is 0 Å². The molecule has 9 heteroatoms. The number of rotatable bonds is 6. The summed E-state index contributed by atoms with van der Waals surface area (Å²) >= 11 is 0.886. The summed E-state index contributed by atoms with van der Waals surface area (Å²) in [4.78, 5) is 10.4. The molecule has 0 spiro atoms. The molecule has 1 saturated carbocycles. The average Bonchev–Trinajstić information content (AvgIpc) is 2.75. The highest BCUT2D eigenvalue weighted by Gasteiger charge is 2.48. The van der Waals surface area contributed by atoms with Crippen molar-refractivity contribution in [3.63, 3.8) is 0 Å². The van der Waals surface area contributed by atoms with Gasteiger partial charge in [-0.05, 0) is 18.8 Å². The van der Waals surface area contributed by atoms with E-state index in [2.05, 4.69) is 10.0 Å². The summed E-state index contributed by atoms with van der Waals surface area (Å²) in [6.45, 7) is 6.23. The Labute approximate surface area is 121 Å². The fourth-order valence-electron chi connectivity index (χ4n) is 1.83. The minimum atomic E-state index is -3.70. The van der Waals surface area contributed by atoms with Crippen molar-refractivity contribution in [2.45, 2.75) is 37.4 Å². The standard InChI is InChI=1S/C11H17N3O4S2/c1-4-12-10-7(14(15)16)5-9(19-10)20(17,18)13-8-6-11(8,2)3/h5,8,12-13H,4,6H2,1-3H3. The second-order valence-corrected chi connectivity index (χ2v) is 8.43. The van der Waals surface area contributed by atoms with Gasteiger partial charge in [0, 0.05) is 18.7 Å². The maximum Gasteiger partial charge on any atom is 0.304 e. The Hall–Kier alpha value is -1.19. The molecule has 1 atom stereocenters. The Balaban J connectivity index is 2.28. The molecule has 2 rings (SSSR count). The Morgan fingerprint density at radius 3 is 2.60 bits per heavy atom. The average molecular weight is 319 g/mol. The van der Waals surface area contributed by atoms with Crippen LogP contribution in [-0.2, 0) is 10.0 Å². The highest BCUT2D eigenvalue weighted by atomic mass is 32.2. The Morgan fingerprint density at radius 1 is 1.55 bits per heavy atom. The van der Waals surface area contributed by atoms with Gasteiger partial charge in [-0.3, -0.25) is 10.1 Å². The fourth-order valence-corrected chi connectivity index (χ4v) is 4.65. The summed E-state index contributed by atoms with van der Waals surface area (Å²) in [5.74, 6) is 0. The van der Waals surface area contributed by atoms with Crippen molar-refractivity contribution in [3.8, 4) is 0 Å². The van der Waals surface area contributed by atoms with E-state index in [1.807, 2.05) is 13.8 Å². The van der Waals surface area contributed by atoms with Gasteiger partial charge < -0.3 is 5.32 Å². The zero-order valence-electron chi connectivity index (χ0n) is 11.5. The molecule has 1 aromatic rings. The molecule has 0 radical (unpaired) electrons. The first-order valence-corrected chi connectivity index (χ1v) is 8.52. The van der Waals surface area contributed by atoms with Gasteiger partial charge in [0.05, 0.1) is 4.92 Å². The Morgan fingerprint density at radius 2 is 2.15 bits per heavy atom. The summed E-state index contributed by atoms with van der Waals surface area (Å²) in [6.07, 6.45) is 0.778. The monoisotopic (exact) mass is 319 g/mol. The maximum absolute atomic E-state index is 12.2. The first-order chi connectivity index (χ1) is 9.17. The van der Waals surface area contributed by atoms with Crippen molar-refractivity contribution in [1.29, 1.82) is 0 Å². The molecule has 7 nitrogen and oxygen atoms in total. The van der Waals surface area contributed by atoms with Gasteiger partial charge in [0.2, 0.25) is 0 Å². The quantitative estimate of drug-likeness (QED) is 0.618. The Kier molecular flexibility index (Phi) is 3.78. The predicted molar refractivity (Wildman–Crippen MR) is 77.6 cm³/mol. The molecule has 1 aliphatic carbocycles. The number of anilines is 1. The van der Waals surface area contributed by atoms with Gasteiger partial charge in [0.15, 0.2) is 5.00 Å². The lowest BCUT2D eigenvalue weighted by Crippen LogP contribution is -2.27. The van der Waals surface area contributed by atoms with Crippen molar-refractivity contribution < 1.29 is 13.3 Å². The zero-order chi connectivity index (χ0) is 15.1. The van der Waals surface area contributed by atoms with E-state index in [4.69, 9.17) is 0 Å². The third-order valence-corrected chi connectivity index (χ3v) is 6.33. The molecule has 0 saturated heterocycles. The molecule has 1 heterocycles. The van der Waals surface area contributed by atoms with Gasteiger partial charge in [0.1, 0.15) is 4.21 Å². The van der Waals surface area contributed by atoms with Crippen LogP contribution in [0.15, 0.2) is 10.3 Å². The van der Waals surface area contributed by atoms with Crippen LogP contribution in [0.3, 0.4) is 0 Å². The van der Waals surface area contributed by atoms with Gasteiger partial charge in [-0.2, -0.15) is 0 Å². The highest BCUT2D eigenvalue weighted by molar-refractivity contribution is 7.91. The van der Waals surface area contributed by atoms with E-state index < -0.39 is 14.9 Å². The smallest absolute Gasteiger partial charge is 0.304 e. The number of nitrogens with zero attached hydrogens (tertiary/aromatic N) is 1. The van der Waals surface area contributed by atoms with Crippen LogP contribution >= 0.6 is 11.3 Å². The number of hydrogen-bond donors (Lipinski definition) is 2. The second-order valence-electron chi connectivity index (χ2n) is 5.43. The lowest BCUT2D eigenvalue weighted by atomic mass is 10.2. The van der Waals surface area contributed by atoms with Crippen molar-refractivity contribution in [1.82, 2.24) is 4.72 Å². The normalized spacial score (nSPS) is 20.6. The maximum atomic E-state index is 12.2. The molecule has 0 amide bonds. The van der Waals surface area contributed by atoms with E-state index in [9.17, 15) is 18.5 Å². The number of nitrogens with one attached hydrogen (secondary N) is 2. The van der Waals surface area contributed by atoms with Gasteiger partial charge >= 0.3 is 5.69 Å². The minimum absolute atomic E-state index is 0.0251. The van der Waals surface area contributed by atoms with Crippen LogP contribution in [0.4, 0.5) is 10.7 Å². The third-order valence-electron chi connectivity index (χ3n) is 3.30. The molecular weight excluding hydrogens is 302 g/mol. The van der Waals surface area contributed by atoms with Crippen molar-refractivity contribution in [2.75, 3.05) is 11.9 Å². The summed E-state index contributed by atoms with van der Waals surface area (Å²) in [6, 6.07) is 1.01. The largest absolute Gasteiger partial charge is 0.372 e. The molecule has 20 heavy (non-hydrogen) atoms. The third kappa shape index (κ3) is 2.94. The van der Waals surface area contributed by atoms with Crippen LogP contribution in [-0.4, -0.2) is 25.9 Å². The SMILES string of the molecule is CCNc1sc(S(=O)(=O)NC2CC2(C)C)cc1[N+](=O)[O-]. The van der Waals surface area contributed by atoms with E-state index in [0.717, 1.165) is 23.8 Å². The highest BCUT2D eigenvalue weighted by Crippen LogP contribution is 2.46. The van der Waals surface area contributed by atoms with Crippen molar-refractivity contribution in [3.05, 3.63) is 16.2 Å². The Bertz CT molecular complexity index is 636. The molecule has 1 unspecified atom stereocenters. The first kappa shape index (κ1) is 15.2. The second kappa shape index (κ2) is 4.97. The van der Waals surface area contributed by atoms with Crippen LogP contribution in [0.5, 0.6) is 0 Å². The van der Waals surface area contributed by atoms with Gasteiger partial charge in [-0.1, -0.05) is 25.2 Å². The summed E-state index contributed by atoms with van der Waals surface area (Å²) in [5, 5.41) is 14.0. The van der Waals surface area contributed by atoms with Crippen molar-refractivity contribution >= 4 is 32.0 Å². The molecule has 1 fully saturated rings. The lowest BCUT2D eigenvalue weighted by Gasteiger charge is -2.05. The van der Waals surface area contributed by atoms with E-state index in [1.165, 1.54) is 0 Å². The van der Waals surface area contributed by atoms with E-state index in [0.29, 0.717) is 6.54 Å². The van der Waals surface area contributed by atoms with Crippen LogP contribution < -0.4 is 10.0 Å². The first-order valence-electron chi connectivity index (χ1n) is 6.22. The molecule has 112 valence electrons. The lowest BCUT2D eigenvalue weighted by molar-refractivity contribution is -0.383. The van der Waals surface area contributed by atoms with Crippen molar-refractivity contribution in [2.24, 2.45) is 5.41 Å². The number of thiophene rings is 1. The molecule has 0 bridgehead atoms. The number of sulfonamides is 1. The number of nitro groups is 1. The molecule has 2 N–H and O–H groups in total. The van der Waals surface area contributed by atoms with Gasteiger partial charge in [-0.15, -0.1) is 0 Å². The summed E-state index contributed by atoms with van der Waals surface area (Å²) in [7, 11) is -3.70. The van der Waals surface area contributed by atoms with Crippen LogP contribution in [0.25, 0.3) is 0 Å². The fraction of sp³-hybridized carbons (Fsp3) is 0.636. The number of hydrogen-bond acceptors (Lipinski definition) is 6. The summed E-state index contributed by atoms with van der Waals surface area (Å²) in [5.41, 5.74) is -0.243. The molecule has 0 aliphatic heterocycles.